The van der Waals surface area contributed by atoms with Gasteiger partial charge in [0.25, 0.3) is 5.91 Å². The first-order chi connectivity index (χ1) is 13.2. The van der Waals surface area contributed by atoms with E-state index in [2.05, 4.69) is 4.98 Å². The predicted octanol–water partition coefficient (Wildman–Crippen LogP) is 3.50. The number of hydrogen-bond donors (Lipinski definition) is 1. The van der Waals surface area contributed by atoms with Crippen LogP contribution in [0.4, 0.5) is 0 Å². The van der Waals surface area contributed by atoms with Crippen molar-refractivity contribution in [3.8, 4) is 11.5 Å². The summed E-state index contributed by atoms with van der Waals surface area (Å²) in [6.07, 6.45) is 6.04. The number of nitrogens with two attached hydrogens (primary N) is 1. The average molecular weight is 390 g/mol. The molecule has 0 spiro atoms. The minimum Gasteiger partial charge on any atom is -0.456 e. The second-order valence-electron chi connectivity index (χ2n) is 6.43. The number of piperidine rings is 1. The summed E-state index contributed by atoms with van der Waals surface area (Å²) in [7, 11) is 0. The van der Waals surface area contributed by atoms with Crippen molar-refractivity contribution in [3.63, 3.8) is 0 Å². The summed E-state index contributed by atoms with van der Waals surface area (Å²) >= 11 is 6.31. The summed E-state index contributed by atoms with van der Waals surface area (Å²) in [6.45, 7) is 2.68. The molecule has 1 aliphatic rings. The Labute approximate surface area is 164 Å². The molecule has 6 nitrogen and oxygen atoms in total. The molecule has 0 aliphatic carbocycles. The van der Waals surface area contributed by atoms with Gasteiger partial charge in [-0.05, 0) is 56.1 Å². The fourth-order valence-electron chi connectivity index (χ4n) is 2.99. The molecule has 0 saturated carbocycles. The Bertz CT molecular complexity index is 749. The van der Waals surface area contributed by atoms with E-state index in [4.69, 9.17) is 26.8 Å². The van der Waals surface area contributed by atoms with Crippen LogP contribution in [0.25, 0.3) is 0 Å². The average Bonchev–Trinajstić information content (AvgIpc) is 2.70. The smallest absolute Gasteiger partial charge is 0.253 e. The minimum atomic E-state index is -0.0206. The van der Waals surface area contributed by atoms with Crippen molar-refractivity contribution in [2.75, 3.05) is 26.2 Å². The standard InChI is InChI=1S/C20H24ClN3O3/c21-18-14-15(2-3-19(18)27-17-4-9-23-10-5-17)20(25)24-11-6-16(7-12-24)26-13-1-8-22/h2-5,9-10,14,16H,1,6-8,11-13,22H2. The van der Waals surface area contributed by atoms with Gasteiger partial charge in [0.15, 0.2) is 0 Å². The fraction of sp³-hybridized carbons (Fsp3) is 0.400. The molecule has 2 aromatic rings. The molecule has 3 rings (SSSR count). The summed E-state index contributed by atoms with van der Waals surface area (Å²) in [5.74, 6) is 1.13. The zero-order valence-electron chi connectivity index (χ0n) is 15.1. The van der Waals surface area contributed by atoms with E-state index < -0.39 is 0 Å². The summed E-state index contributed by atoms with van der Waals surface area (Å²) in [6, 6.07) is 8.61. The van der Waals surface area contributed by atoms with Gasteiger partial charge in [0.05, 0.1) is 11.1 Å². The maximum absolute atomic E-state index is 12.7. The SMILES string of the molecule is NCCCOC1CCN(C(=O)c2ccc(Oc3ccncc3)c(Cl)c2)CC1. The van der Waals surface area contributed by atoms with Crippen LogP contribution in [0.2, 0.25) is 5.02 Å². The highest BCUT2D eigenvalue weighted by Gasteiger charge is 2.24. The third-order valence-corrected chi connectivity index (χ3v) is 4.78. The van der Waals surface area contributed by atoms with Crippen LogP contribution in [-0.4, -0.2) is 48.1 Å². The van der Waals surface area contributed by atoms with Crippen LogP contribution in [-0.2, 0) is 4.74 Å². The van der Waals surface area contributed by atoms with Crippen molar-refractivity contribution in [3.05, 3.63) is 53.3 Å². The topological polar surface area (TPSA) is 77.7 Å². The van der Waals surface area contributed by atoms with Gasteiger partial charge in [-0.25, -0.2) is 0 Å². The van der Waals surface area contributed by atoms with Crippen molar-refractivity contribution in [2.45, 2.75) is 25.4 Å². The van der Waals surface area contributed by atoms with Crippen LogP contribution < -0.4 is 10.5 Å². The zero-order valence-corrected chi connectivity index (χ0v) is 15.9. The summed E-state index contributed by atoms with van der Waals surface area (Å²) in [5, 5.41) is 0.401. The Morgan fingerprint density at radius 3 is 2.63 bits per heavy atom. The Kier molecular flexibility index (Phi) is 7.04. The van der Waals surface area contributed by atoms with E-state index in [1.807, 2.05) is 4.90 Å². The fourth-order valence-corrected chi connectivity index (χ4v) is 3.21. The molecule has 2 heterocycles. The number of halogens is 1. The molecule has 1 aliphatic heterocycles. The molecule has 1 aromatic carbocycles. The number of carbonyl (C=O) groups excluding carboxylic acids is 1. The number of amides is 1. The number of pyridine rings is 1. The number of hydrogen-bond acceptors (Lipinski definition) is 5. The number of carbonyl (C=O) groups is 1. The van der Waals surface area contributed by atoms with Crippen molar-refractivity contribution >= 4 is 17.5 Å². The van der Waals surface area contributed by atoms with Crippen molar-refractivity contribution in [1.82, 2.24) is 9.88 Å². The lowest BCUT2D eigenvalue weighted by molar-refractivity contribution is 0.00845. The number of likely N-dealkylation sites (tertiary alicyclic amines) is 1. The molecule has 0 radical (unpaired) electrons. The summed E-state index contributed by atoms with van der Waals surface area (Å²) < 4.78 is 11.5. The second kappa shape index (κ2) is 9.69. The predicted molar refractivity (Wildman–Crippen MR) is 104 cm³/mol. The number of ether oxygens (including phenoxy) is 2. The van der Waals surface area contributed by atoms with Crippen LogP contribution >= 0.6 is 11.6 Å². The van der Waals surface area contributed by atoms with E-state index in [0.29, 0.717) is 48.3 Å². The molecule has 7 heteroatoms. The largest absolute Gasteiger partial charge is 0.456 e. The van der Waals surface area contributed by atoms with Gasteiger partial charge in [0.1, 0.15) is 11.5 Å². The van der Waals surface area contributed by atoms with Gasteiger partial charge < -0.3 is 20.1 Å². The second-order valence-corrected chi connectivity index (χ2v) is 6.84. The molecule has 27 heavy (non-hydrogen) atoms. The van der Waals surface area contributed by atoms with Crippen LogP contribution in [0.3, 0.4) is 0 Å². The van der Waals surface area contributed by atoms with Gasteiger partial charge in [-0.3, -0.25) is 9.78 Å². The van der Waals surface area contributed by atoms with E-state index >= 15 is 0 Å². The first-order valence-electron chi connectivity index (χ1n) is 9.15. The Morgan fingerprint density at radius 1 is 1.22 bits per heavy atom. The van der Waals surface area contributed by atoms with E-state index in [1.165, 1.54) is 0 Å². The van der Waals surface area contributed by atoms with Gasteiger partial charge in [-0.15, -0.1) is 0 Å². The third kappa shape index (κ3) is 5.42. The van der Waals surface area contributed by atoms with Gasteiger partial charge in [-0.2, -0.15) is 0 Å². The van der Waals surface area contributed by atoms with Gasteiger partial charge in [0.2, 0.25) is 0 Å². The number of nitrogens with zero attached hydrogens (tertiary/aromatic N) is 2. The highest BCUT2D eigenvalue weighted by atomic mass is 35.5. The maximum atomic E-state index is 12.7. The number of rotatable bonds is 7. The Morgan fingerprint density at radius 2 is 1.96 bits per heavy atom. The van der Waals surface area contributed by atoms with Crippen molar-refractivity contribution in [1.29, 1.82) is 0 Å². The van der Waals surface area contributed by atoms with Crippen LogP contribution in [0.5, 0.6) is 11.5 Å². The van der Waals surface area contributed by atoms with Crippen LogP contribution in [0, 0.1) is 0 Å². The van der Waals surface area contributed by atoms with Gasteiger partial charge in [-0.1, -0.05) is 11.6 Å². The lowest BCUT2D eigenvalue weighted by Gasteiger charge is -2.32. The van der Waals surface area contributed by atoms with Gasteiger partial charge >= 0.3 is 0 Å². The molecule has 0 unspecified atom stereocenters. The lowest BCUT2D eigenvalue weighted by atomic mass is 10.1. The quantitative estimate of drug-likeness (QED) is 0.733. The number of benzene rings is 1. The molecule has 1 fully saturated rings. The summed E-state index contributed by atoms with van der Waals surface area (Å²) in [4.78, 5) is 18.5. The third-order valence-electron chi connectivity index (χ3n) is 4.49. The molecule has 144 valence electrons. The van der Waals surface area contributed by atoms with E-state index in [0.717, 1.165) is 19.3 Å². The lowest BCUT2D eigenvalue weighted by Crippen LogP contribution is -2.41. The first kappa shape index (κ1) is 19.6. The van der Waals surface area contributed by atoms with E-state index in [9.17, 15) is 4.79 Å². The molecule has 1 amide bonds. The molecule has 1 saturated heterocycles. The molecular weight excluding hydrogens is 366 g/mol. The molecule has 0 atom stereocenters. The number of aromatic nitrogens is 1. The Hall–Kier alpha value is -2.15. The van der Waals surface area contributed by atoms with Crippen LogP contribution in [0.15, 0.2) is 42.7 Å². The molecular formula is C20H24ClN3O3. The normalized spacial score (nSPS) is 15.0. The molecule has 1 aromatic heterocycles. The van der Waals surface area contributed by atoms with Crippen molar-refractivity contribution < 1.29 is 14.3 Å². The van der Waals surface area contributed by atoms with Crippen molar-refractivity contribution in [2.24, 2.45) is 5.73 Å². The molecule has 2 N–H and O–H groups in total. The zero-order chi connectivity index (χ0) is 19.1. The first-order valence-corrected chi connectivity index (χ1v) is 9.53. The summed E-state index contributed by atoms with van der Waals surface area (Å²) in [5.41, 5.74) is 6.04. The van der Waals surface area contributed by atoms with E-state index in [1.54, 1.807) is 42.7 Å². The minimum absolute atomic E-state index is 0.0206. The van der Waals surface area contributed by atoms with E-state index in [-0.39, 0.29) is 12.0 Å². The highest BCUT2D eigenvalue weighted by molar-refractivity contribution is 6.32. The van der Waals surface area contributed by atoms with Gasteiger partial charge in [0, 0.05) is 37.7 Å². The highest BCUT2D eigenvalue weighted by Crippen LogP contribution is 2.30. The van der Waals surface area contributed by atoms with Crippen LogP contribution in [0.1, 0.15) is 29.6 Å². The molecule has 0 bridgehead atoms. The Balaban J connectivity index is 1.57. The monoisotopic (exact) mass is 389 g/mol. The maximum Gasteiger partial charge on any atom is 0.253 e.